The minimum Gasteiger partial charge on any atom is -0.123 e. The highest BCUT2D eigenvalue weighted by atomic mass is 35.5. The first-order valence-electron chi connectivity index (χ1n) is 1.66. The van der Waals surface area contributed by atoms with Crippen LogP contribution in [0.15, 0.2) is 0 Å². The van der Waals surface area contributed by atoms with E-state index in [9.17, 15) is 0 Å². The summed E-state index contributed by atoms with van der Waals surface area (Å²) in [7, 11) is 0. The van der Waals surface area contributed by atoms with Gasteiger partial charge in [0.05, 0.1) is 5.88 Å². The Balaban J connectivity index is 2.63. The Morgan fingerprint density at radius 2 is 2.33 bits per heavy atom. The zero-order valence-corrected chi connectivity index (χ0v) is 4.84. The molecule has 0 bridgehead atoms. The Labute approximate surface area is 48.4 Å². The molecular weight excluding hydrogens is 119 g/mol. The van der Waals surface area contributed by atoms with Gasteiger partial charge in [0.1, 0.15) is 0 Å². The van der Waals surface area contributed by atoms with Crippen LogP contribution in [0.25, 0.3) is 0 Å². The van der Waals surface area contributed by atoms with Crippen molar-refractivity contribution in [2.75, 3.05) is 0 Å². The molecule has 0 saturated carbocycles. The zero-order chi connectivity index (χ0) is 4.99. The van der Waals surface area contributed by atoms with E-state index in [2.05, 4.69) is 6.92 Å². The van der Waals surface area contributed by atoms with Crippen LogP contribution in [0, 0.1) is 12.8 Å². The largest absolute Gasteiger partial charge is 0.123 e. The van der Waals surface area contributed by atoms with Crippen molar-refractivity contribution >= 4 is 23.2 Å². The maximum Gasteiger partial charge on any atom is 0.0514 e. The molecule has 0 fully saturated rings. The van der Waals surface area contributed by atoms with Crippen molar-refractivity contribution in [2.45, 2.75) is 11.8 Å². The first kappa shape index (κ1) is 6.58. The van der Waals surface area contributed by atoms with Crippen molar-refractivity contribution < 1.29 is 0 Å². The average Bonchev–Trinajstić information content (AvgIpc) is 1.35. The smallest absolute Gasteiger partial charge is 0.0514 e. The molecule has 0 aliphatic heterocycles. The number of rotatable bonds is 2. The van der Waals surface area contributed by atoms with Gasteiger partial charge in [0.15, 0.2) is 0 Å². The Bertz CT molecular complexity index is 26.7. The van der Waals surface area contributed by atoms with Crippen LogP contribution in [0.1, 0.15) is 6.42 Å². The molecule has 1 atom stereocenters. The summed E-state index contributed by atoms with van der Waals surface area (Å²) in [6.45, 7) is 3.48. The molecule has 0 aromatic rings. The Morgan fingerprint density at radius 1 is 1.83 bits per heavy atom. The van der Waals surface area contributed by atoms with Gasteiger partial charge in [0.2, 0.25) is 0 Å². The third-order valence-electron chi connectivity index (χ3n) is 0.345. The van der Waals surface area contributed by atoms with E-state index in [1.54, 1.807) is 0 Å². The third-order valence-corrected chi connectivity index (χ3v) is 0.701. The summed E-state index contributed by atoms with van der Waals surface area (Å²) in [5.41, 5.74) is 0. The molecule has 0 nitrogen and oxygen atoms in total. The number of hydrogen-bond acceptors (Lipinski definition) is 0. The summed E-state index contributed by atoms with van der Waals surface area (Å²) >= 11 is 10.5. The second-order valence-electron chi connectivity index (χ2n) is 0.987. The molecule has 0 rings (SSSR count). The van der Waals surface area contributed by atoms with Crippen molar-refractivity contribution in [1.82, 2.24) is 0 Å². The molecule has 0 saturated heterocycles. The summed E-state index contributed by atoms with van der Waals surface area (Å²) in [5, 5.41) is -0.0671. The molecular formula is C4H6Cl2. The van der Waals surface area contributed by atoms with Crippen LogP contribution in [-0.2, 0) is 0 Å². The Hall–Kier alpha value is 0.580. The van der Waals surface area contributed by atoms with Gasteiger partial charge >= 0.3 is 0 Å². The fraction of sp³-hybridized carbons (Fsp3) is 0.500. The molecule has 0 aliphatic carbocycles. The fourth-order valence-electron chi connectivity index (χ4n) is 0.0967. The molecule has 6 heavy (non-hydrogen) atoms. The SMILES string of the molecule is [CH2]C(Cl)C[CH]Cl. The average molecular weight is 125 g/mol. The van der Waals surface area contributed by atoms with Crippen LogP contribution in [0.3, 0.4) is 0 Å². The summed E-state index contributed by atoms with van der Waals surface area (Å²) in [6.07, 6.45) is 0.670. The van der Waals surface area contributed by atoms with E-state index < -0.39 is 0 Å². The third kappa shape index (κ3) is 4.58. The summed E-state index contributed by atoms with van der Waals surface area (Å²) in [5.74, 6) is 1.48. The lowest BCUT2D eigenvalue weighted by molar-refractivity contribution is 1.04. The monoisotopic (exact) mass is 124 g/mol. The van der Waals surface area contributed by atoms with E-state index >= 15 is 0 Å². The van der Waals surface area contributed by atoms with E-state index in [-0.39, 0.29) is 5.38 Å². The molecule has 0 amide bonds. The van der Waals surface area contributed by atoms with Crippen molar-refractivity contribution in [3.8, 4) is 0 Å². The quantitative estimate of drug-likeness (QED) is 0.496. The highest BCUT2D eigenvalue weighted by Crippen LogP contribution is 2.03. The van der Waals surface area contributed by atoms with Crippen LogP contribution < -0.4 is 0 Å². The standard InChI is InChI=1S/C4H6Cl2/c1-4(6)2-3-5/h3-4H,1-2H2. The molecule has 36 valence electrons. The summed E-state index contributed by atoms with van der Waals surface area (Å²) in [4.78, 5) is 0. The van der Waals surface area contributed by atoms with Crippen LogP contribution in [0.5, 0.6) is 0 Å². The predicted octanol–water partition coefficient (Wildman–Crippen LogP) is 2.22. The van der Waals surface area contributed by atoms with Gasteiger partial charge in [0, 0.05) is 5.38 Å². The second-order valence-corrected chi connectivity index (χ2v) is 1.91. The molecule has 2 radical (unpaired) electrons. The van der Waals surface area contributed by atoms with Gasteiger partial charge in [-0.2, -0.15) is 0 Å². The number of hydrogen-bond donors (Lipinski definition) is 0. The van der Waals surface area contributed by atoms with Crippen LogP contribution in [0.2, 0.25) is 0 Å². The first-order chi connectivity index (χ1) is 2.77. The first-order valence-corrected chi connectivity index (χ1v) is 2.53. The van der Waals surface area contributed by atoms with Crippen molar-refractivity contribution in [2.24, 2.45) is 0 Å². The fourth-order valence-corrected chi connectivity index (χ4v) is 0.492. The van der Waals surface area contributed by atoms with Gasteiger partial charge in [-0.3, -0.25) is 0 Å². The lowest BCUT2D eigenvalue weighted by Crippen LogP contribution is -1.85. The van der Waals surface area contributed by atoms with Crippen molar-refractivity contribution in [1.29, 1.82) is 0 Å². The van der Waals surface area contributed by atoms with Crippen LogP contribution in [0.4, 0.5) is 0 Å². The maximum atomic E-state index is 5.35. The van der Waals surface area contributed by atoms with Crippen LogP contribution in [-0.4, -0.2) is 5.38 Å². The maximum absolute atomic E-state index is 5.35. The molecule has 0 heterocycles. The zero-order valence-electron chi connectivity index (χ0n) is 3.32. The highest BCUT2D eigenvalue weighted by Gasteiger charge is 1.90. The molecule has 0 aliphatic rings. The van der Waals surface area contributed by atoms with Crippen LogP contribution >= 0.6 is 23.2 Å². The molecule has 0 spiro atoms. The lowest BCUT2D eigenvalue weighted by atomic mass is 10.4. The summed E-state index contributed by atoms with van der Waals surface area (Å²) in [6, 6.07) is 0. The Morgan fingerprint density at radius 3 is 2.33 bits per heavy atom. The van der Waals surface area contributed by atoms with Gasteiger partial charge in [-0.05, 0) is 13.3 Å². The molecule has 2 heteroatoms. The van der Waals surface area contributed by atoms with Crippen molar-refractivity contribution in [3.63, 3.8) is 0 Å². The van der Waals surface area contributed by atoms with Gasteiger partial charge in [0.25, 0.3) is 0 Å². The van der Waals surface area contributed by atoms with Gasteiger partial charge in [-0.1, -0.05) is 0 Å². The number of halogens is 2. The second kappa shape index (κ2) is 3.76. The molecule has 1 unspecified atom stereocenters. The molecule has 0 N–H and O–H groups in total. The Kier molecular flexibility index (Phi) is 4.12. The van der Waals surface area contributed by atoms with E-state index in [1.165, 1.54) is 5.88 Å². The van der Waals surface area contributed by atoms with E-state index in [0.717, 1.165) is 0 Å². The lowest BCUT2D eigenvalue weighted by Gasteiger charge is -1.91. The minimum absolute atomic E-state index is 0.0671. The predicted molar refractivity (Wildman–Crippen MR) is 29.8 cm³/mol. The van der Waals surface area contributed by atoms with E-state index in [1.807, 2.05) is 0 Å². The van der Waals surface area contributed by atoms with Gasteiger partial charge < -0.3 is 0 Å². The van der Waals surface area contributed by atoms with E-state index in [0.29, 0.717) is 6.42 Å². The highest BCUT2D eigenvalue weighted by molar-refractivity contribution is 6.25. The van der Waals surface area contributed by atoms with E-state index in [4.69, 9.17) is 23.2 Å². The molecule has 0 aromatic carbocycles. The van der Waals surface area contributed by atoms with Crippen molar-refractivity contribution in [3.05, 3.63) is 12.8 Å². The molecule has 0 aromatic heterocycles. The van der Waals surface area contributed by atoms with Gasteiger partial charge in [-0.15, -0.1) is 23.2 Å². The normalized spacial score (nSPS) is 14.5. The number of alkyl halides is 1. The topological polar surface area (TPSA) is 0 Å². The van der Waals surface area contributed by atoms with Gasteiger partial charge in [-0.25, -0.2) is 0 Å². The summed E-state index contributed by atoms with van der Waals surface area (Å²) < 4.78 is 0. The minimum atomic E-state index is -0.0671.